The fourth-order valence-corrected chi connectivity index (χ4v) is 14.0. The van der Waals surface area contributed by atoms with Crippen LogP contribution in [0.15, 0.2) is 0 Å². The van der Waals surface area contributed by atoms with Crippen molar-refractivity contribution in [1.82, 2.24) is 53.2 Å². The predicted molar refractivity (Wildman–Crippen MR) is 443 cm³/mol. The van der Waals surface area contributed by atoms with Gasteiger partial charge in [0.15, 0.2) is 55.5 Å². The third kappa shape index (κ3) is 48.4. The first-order chi connectivity index (χ1) is 61.1. The molecule has 46 heteroatoms. The topological polar surface area (TPSA) is 620 Å². The van der Waals surface area contributed by atoms with Gasteiger partial charge >= 0.3 is 59.7 Å². The molecule has 730 valence electrons. The van der Waals surface area contributed by atoms with Crippen LogP contribution in [-0.2, 0) is 167 Å². The Morgan fingerprint density at radius 3 is 0.736 bits per heavy atom. The van der Waals surface area contributed by atoms with Crippen LogP contribution in [-0.4, -0.2) is 300 Å². The Balaban J connectivity index is 1.82. The highest BCUT2D eigenvalue weighted by molar-refractivity contribution is 5.82. The van der Waals surface area contributed by atoms with E-state index in [0.717, 1.165) is 122 Å². The van der Waals surface area contributed by atoms with Gasteiger partial charge in [0.25, 0.3) is 0 Å². The number of nitrogens with one attached hydrogen (secondary N) is 10. The second-order valence-corrected chi connectivity index (χ2v) is 31.1. The Bertz CT molecular complexity index is 3380. The summed E-state index contributed by atoms with van der Waals surface area (Å²) in [6.45, 7) is 11.0. The van der Waals surface area contributed by atoms with Gasteiger partial charge < -0.3 is 129 Å². The highest BCUT2D eigenvalue weighted by Gasteiger charge is 2.55. The monoisotopic (exact) mass is 1840 g/mol. The van der Waals surface area contributed by atoms with E-state index >= 15 is 0 Å². The van der Waals surface area contributed by atoms with Crippen molar-refractivity contribution in [1.29, 1.82) is 0 Å². The minimum Gasteiger partial charge on any atom is -0.481 e. The zero-order valence-corrected chi connectivity index (χ0v) is 75.6. The summed E-state index contributed by atoms with van der Waals surface area (Å²) in [5.41, 5.74) is -1.40. The van der Waals surface area contributed by atoms with Crippen LogP contribution in [0.3, 0.4) is 0 Å². The molecule has 11 N–H and O–H groups in total. The van der Waals surface area contributed by atoms with Gasteiger partial charge in [0.1, 0.15) is 56.3 Å². The molecule has 3 heterocycles. The minimum absolute atomic E-state index is 0.0265. The maximum atomic E-state index is 14.2. The highest BCUT2D eigenvalue weighted by atomic mass is 16.7. The normalized spacial score (nSPS) is 22.0. The average molecular weight is 1850 g/mol. The van der Waals surface area contributed by atoms with Crippen molar-refractivity contribution in [3.05, 3.63) is 0 Å². The van der Waals surface area contributed by atoms with Crippen LogP contribution in [0.4, 0.5) is 0 Å². The van der Waals surface area contributed by atoms with Crippen LogP contribution in [0.1, 0.15) is 231 Å². The fourth-order valence-electron chi connectivity index (χ4n) is 14.0. The second kappa shape index (κ2) is 61.6. The summed E-state index contributed by atoms with van der Waals surface area (Å²) < 4.78 is 83.8. The van der Waals surface area contributed by atoms with E-state index in [1.165, 1.54) is 0 Å². The third-order valence-corrected chi connectivity index (χ3v) is 19.7. The maximum absolute atomic E-state index is 14.2. The molecule has 0 spiro atoms. The molecular formula is C83H132N10O36. The number of hydrogen-bond donors (Lipinski definition) is 11. The van der Waals surface area contributed by atoms with E-state index < -0.39 is 236 Å². The van der Waals surface area contributed by atoms with E-state index in [1.807, 2.05) is 0 Å². The second-order valence-electron chi connectivity index (χ2n) is 31.1. The molecule has 46 nitrogen and oxygen atoms in total. The number of ether oxygens (including phenoxy) is 15. The van der Waals surface area contributed by atoms with E-state index in [-0.39, 0.29) is 149 Å². The molecule has 3 aliphatic rings. The van der Waals surface area contributed by atoms with E-state index in [2.05, 4.69) is 53.2 Å². The lowest BCUT2D eigenvalue weighted by Crippen LogP contribution is -2.66. The number of aliphatic carboxylic acids is 1. The zero-order chi connectivity index (χ0) is 96.1. The number of carbonyl (C=O) groups excluding carboxylic acids is 19. The Kier molecular flexibility index (Phi) is 53.7. The number of carbonyl (C=O) groups is 20. The van der Waals surface area contributed by atoms with E-state index in [9.17, 15) is 95.9 Å². The molecule has 0 saturated carbocycles. The van der Waals surface area contributed by atoms with Crippen molar-refractivity contribution in [2.75, 3.05) is 78.9 Å². The molecule has 0 bridgehead atoms. The van der Waals surface area contributed by atoms with E-state index in [4.69, 9.17) is 76.2 Å². The molecule has 0 aromatic rings. The third-order valence-electron chi connectivity index (χ3n) is 19.7. The van der Waals surface area contributed by atoms with Crippen LogP contribution in [0.2, 0.25) is 0 Å². The Morgan fingerprint density at radius 2 is 0.504 bits per heavy atom. The average Bonchev–Trinajstić information content (AvgIpc) is 0.794. The van der Waals surface area contributed by atoms with Gasteiger partial charge in [-0.1, -0.05) is 44.9 Å². The van der Waals surface area contributed by atoms with Crippen molar-refractivity contribution in [3.8, 4) is 0 Å². The Labute approximate surface area is 748 Å². The molecule has 0 radical (unpaired) electrons. The first kappa shape index (κ1) is 112. The zero-order valence-electron chi connectivity index (χ0n) is 75.6. The largest absolute Gasteiger partial charge is 0.481 e. The molecule has 0 aromatic heterocycles. The molecule has 3 saturated heterocycles. The van der Waals surface area contributed by atoms with Gasteiger partial charge in [-0.3, -0.25) is 95.9 Å². The Hall–Kier alpha value is -10.8. The summed E-state index contributed by atoms with van der Waals surface area (Å²) in [6, 6.07) is -3.86. The summed E-state index contributed by atoms with van der Waals surface area (Å²) in [6.07, 6.45) is -10.8. The summed E-state index contributed by atoms with van der Waals surface area (Å²) in [5, 5.41) is 36.3. The minimum atomic E-state index is -1.43. The van der Waals surface area contributed by atoms with Crippen molar-refractivity contribution in [2.45, 2.75) is 328 Å². The van der Waals surface area contributed by atoms with Gasteiger partial charge in [-0.15, -0.1) is 0 Å². The number of rotatable bonds is 61. The van der Waals surface area contributed by atoms with Crippen molar-refractivity contribution >= 4 is 119 Å². The molecule has 15 atom stereocenters. The molecule has 3 aliphatic heterocycles. The quantitative estimate of drug-likeness (QED) is 0.0210. The lowest BCUT2D eigenvalue weighted by molar-refractivity contribution is -0.277. The smallest absolute Gasteiger partial charge is 0.303 e. The van der Waals surface area contributed by atoms with Crippen LogP contribution in [0.5, 0.6) is 0 Å². The number of esters is 9. The predicted octanol–water partition coefficient (Wildman–Crippen LogP) is -0.386. The van der Waals surface area contributed by atoms with Crippen molar-refractivity contribution in [3.63, 3.8) is 0 Å². The standard InChI is InChI=1S/C83H132N10O36/c1-48(94)90-71-77(124-57(10)103)74(121-54(7)100)60(45-118-51(4)97)127-80(71)115-42-30-66(109)87-39-22-36-84-63(106)27-33-83(93-69(112)25-20-18-16-14-13-15-17-19-21-26-70(113)114,34-28-64(107)85-37-23-40-88-67(110)31-43-116-81-72(91-49(2)95)78(125-58(11)104)75(122-55(8)101)61(128-81)46-119-52(5)98)35-29-65(108)86-38-24-41-89-68(111)32-44-117-82-73(92-50(3)96)79(126-59(12)105)76(123-56(9)102)62(129-82)47-120-53(6)99/h60-62,71-82H,13-47H2,1-12H3,(H,84,106)(H,85,107)(H,86,108)(H,87,109)(H,88,110)(H,89,111)(H,90,94)(H,91,95)(H,92,96)(H,93,112)(H,113,114)/t60?,61?,62?,71?,72?,73?,74-,75-,76-,77+,78+,79+,80+,81+,82+,83?/m0/s1. The number of amides is 10. The van der Waals surface area contributed by atoms with Gasteiger partial charge in [-0.05, 0) is 51.4 Å². The van der Waals surface area contributed by atoms with Crippen LogP contribution in [0.25, 0.3) is 0 Å². The molecule has 0 aliphatic carbocycles. The number of carboxylic acid groups (broad SMARTS) is 1. The van der Waals surface area contributed by atoms with Gasteiger partial charge in [-0.25, -0.2) is 0 Å². The molecule has 10 amide bonds. The molecule has 129 heavy (non-hydrogen) atoms. The lowest BCUT2D eigenvalue weighted by atomic mass is 9.82. The summed E-state index contributed by atoms with van der Waals surface area (Å²) in [5.74, 6) is -13.3. The van der Waals surface area contributed by atoms with Gasteiger partial charge in [0.05, 0.1) is 39.1 Å². The highest BCUT2D eigenvalue weighted by Crippen LogP contribution is 2.33. The van der Waals surface area contributed by atoms with Crippen LogP contribution >= 0.6 is 0 Å². The van der Waals surface area contributed by atoms with Gasteiger partial charge in [0.2, 0.25) is 59.1 Å². The van der Waals surface area contributed by atoms with Crippen molar-refractivity contribution in [2.24, 2.45) is 0 Å². The number of unbranched alkanes of at least 4 members (excludes halogenated alkanes) is 8. The first-order valence-electron chi connectivity index (χ1n) is 43.3. The van der Waals surface area contributed by atoms with Crippen LogP contribution < -0.4 is 53.2 Å². The Morgan fingerprint density at radius 1 is 0.271 bits per heavy atom. The SMILES string of the molecule is CC(=O)NC1[C@H](OCCC(=O)NCCCNC(=O)CCC(CCC(=O)NCCCNC(=O)CCO[C@@H]2OC(COC(C)=O)[C@H](OC(C)=O)[C@H](OC(C)=O)C2NC(C)=O)(CCC(=O)NCCCNC(=O)CCO[C@@H]2OC(COC(C)=O)[C@H](OC(C)=O)[C@H](OC(C)=O)C2NC(C)=O)NC(=O)CCCCCCCCCCCC(=O)O)OC(COC(C)=O)[C@H](OC(C)=O)[C@@H]1OC(C)=O. The van der Waals surface area contributed by atoms with E-state index in [1.54, 1.807) is 0 Å². The summed E-state index contributed by atoms with van der Waals surface area (Å²) in [7, 11) is 0. The molecule has 3 rings (SSSR count). The van der Waals surface area contributed by atoms with Gasteiger partial charge in [0, 0.05) is 160 Å². The number of carboxylic acids is 1. The van der Waals surface area contributed by atoms with Crippen LogP contribution in [0, 0.1) is 0 Å². The first-order valence-corrected chi connectivity index (χ1v) is 43.3. The fraction of sp³-hybridized carbons (Fsp3) is 0.759. The molecule has 0 aromatic carbocycles. The van der Waals surface area contributed by atoms with Crippen molar-refractivity contribution < 1.29 is 172 Å². The summed E-state index contributed by atoms with van der Waals surface area (Å²) in [4.78, 5) is 253. The van der Waals surface area contributed by atoms with Gasteiger partial charge in [-0.2, -0.15) is 0 Å². The molecule has 6 unspecified atom stereocenters. The number of hydrogen-bond acceptors (Lipinski definition) is 35. The molecular weight excluding hydrogens is 1710 g/mol. The maximum Gasteiger partial charge on any atom is 0.303 e. The van der Waals surface area contributed by atoms with E-state index in [0.29, 0.717) is 19.3 Å². The summed E-state index contributed by atoms with van der Waals surface area (Å²) >= 11 is 0. The molecule has 3 fully saturated rings. The lowest BCUT2D eigenvalue weighted by Gasteiger charge is -2.44.